The van der Waals surface area contributed by atoms with E-state index < -0.39 is 0 Å². The van der Waals surface area contributed by atoms with Gasteiger partial charge in [0.15, 0.2) is 29.1 Å². The van der Waals surface area contributed by atoms with E-state index in [1.54, 1.807) is 0 Å². The first kappa shape index (κ1) is 38.8. The molecule has 11 nitrogen and oxygen atoms in total. The Labute approximate surface area is 378 Å². The van der Waals surface area contributed by atoms with E-state index in [9.17, 15) is 0 Å². The molecular weight excluding hydrogens is 817 g/mol. The first-order valence-electron chi connectivity index (χ1n) is 21.7. The summed E-state index contributed by atoms with van der Waals surface area (Å²) in [5.74, 6) is 5.46. The molecular formula is C55H38N10O. The highest BCUT2D eigenvalue weighted by atomic mass is 16.3. The second-order valence-electron chi connectivity index (χ2n) is 16.4. The molecule has 0 saturated carbocycles. The molecule has 314 valence electrons. The maximum Gasteiger partial charge on any atom is 0.166 e. The van der Waals surface area contributed by atoms with Gasteiger partial charge in [-0.05, 0) is 81.3 Å². The fourth-order valence-electron chi connectivity index (χ4n) is 8.97. The van der Waals surface area contributed by atoms with E-state index in [1.165, 1.54) is 0 Å². The summed E-state index contributed by atoms with van der Waals surface area (Å²) in [5, 5.41) is 4.23. The van der Waals surface area contributed by atoms with E-state index in [-0.39, 0.29) is 0 Å². The Hall–Kier alpha value is -8.83. The van der Waals surface area contributed by atoms with Crippen LogP contribution in [0.3, 0.4) is 0 Å². The Kier molecular flexibility index (Phi) is 9.09. The number of nitrogens with zero attached hydrogens (tertiary/aromatic N) is 10. The van der Waals surface area contributed by atoms with Gasteiger partial charge in [0, 0.05) is 49.4 Å². The van der Waals surface area contributed by atoms with Gasteiger partial charge in [0.2, 0.25) is 0 Å². The van der Waals surface area contributed by atoms with Crippen LogP contribution in [0.25, 0.3) is 117 Å². The maximum absolute atomic E-state index is 6.40. The number of benzene rings is 7. The van der Waals surface area contributed by atoms with Crippen molar-refractivity contribution in [3.05, 3.63) is 181 Å². The number of hydrogen-bond donors (Lipinski definition) is 0. The molecule has 0 fully saturated rings. The topological polar surface area (TPSA) is 134 Å². The fraction of sp³-hybridized carbons (Fsp3) is 0.0727. The number of hydrogen-bond acceptors (Lipinski definition) is 10. The molecule has 0 aliphatic carbocycles. The highest BCUT2D eigenvalue weighted by Gasteiger charge is 2.23. The Balaban J connectivity index is 1.17. The lowest BCUT2D eigenvalue weighted by Crippen LogP contribution is -2.04. The van der Waals surface area contributed by atoms with Gasteiger partial charge in [0.25, 0.3) is 0 Å². The molecule has 0 N–H and O–H groups in total. The van der Waals surface area contributed by atoms with E-state index in [0.29, 0.717) is 52.4 Å². The standard InChI is InChI=1S/C55H38N10O/c1-31-56-32(2)59-53(58-31)39-20-23-41-42-24-21-40(54-60-33(3)57-34(4)61-54)29-48(42)65(47(41)28-39)46-26-22-37(38-19-25-44-43-17-11-12-18-49(43)66-50(44)30-38)27-45(46)55-63-51(35-13-7-5-8-14-35)62-52(64-55)36-15-9-6-10-16-36/h5-30H,1-4H3. The monoisotopic (exact) mass is 854 g/mol. The number of fused-ring (bicyclic) bond motifs is 6. The lowest BCUT2D eigenvalue weighted by Gasteiger charge is -2.17. The molecule has 12 aromatic rings. The summed E-state index contributed by atoms with van der Waals surface area (Å²) >= 11 is 0. The number of para-hydroxylation sites is 1. The second-order valence-corrected chi connectivity index (χ2v) is 16.4. The predicted octanol–water partition coefficient (Wildman–Crippen LogP) is 12.5. The molecule has 0 aliphatic rings. The molecule has 12 rings (SSSR count). The smallest absolute Gasteiger partial charge is 0.166 e. The van der Waals surface area contributed by atoms with Crippen molar-refractivity contribution in [2.24, 2.45) is 0 Å². The lowest BCUT2D eigenvalue weighted by atomic mass is 9.99. The minimum atomic E-state index is 0.513. The van der Waals surface area contributed by atoms with Crippen LogP contribution in [-0.4, -0.2) is 49.4 Å². The van der Waals surface area contributed by atoms with Gasteiger partial charge >= 0.3 is 0 Å². The van der Waals surface area contributed by atoms with Crippen LogP contribution in [-0.2, 0) is 0 Å². The number of aryl methyl sites for hydroxylation is 4. The molecule has 0 radical (unpaired) electrons. The van der Waals surface area contributed by atoms with Crippen molar-refractivity contribution in [3.63, 3.8) is 0 Å². The number of aromatic nitrogens is 10. The van der Waals surface area contributed by atoms with Gasteiger partial charge in [-0.1, -0.05) is 115 Å². The Bertz CT molecular complexity index is 3670. The average Bonchev–Trinajstić information content (AvgIpc) is 3.88. The highest BCUT2D eigenvalue weighted by Crippen LogP contribution is 2.41. The summed E-state index contributed by atoms with van der Waals surface area (Å²) in [4.78, 5) is 43.7. The predicted molar refractivity (Wildman–Crippen MR) is 260 cm³/mol. The van der Waals surface area contributed by atoms with Crippen molar-refractivity contribution < 1.29 is 4.42 Å². The minimum absolute atomic E-state index is 0.513. The van der Waals surface area contributed by atoms with Crippen molar-refractivity contribution >= 4 is 43.7 Å². The second kappa shape index (κ2) is 15.5. The molecule has 11 heteroatoms. The van der Waals surface area contributed by atoms with Crippen molar-refractivity contribution in [2.45, 2.75) is 27.7 Å². The summed E-state index contributed by atoms with van der Waals surface area (Å²) in [6.07, 6.45) is 0. The van der Waals surface area contributed by atoms with E-state index >= 15 is 0 Å². The molecule has 0 aliphatic heterocycles. The molecule has 0 amide bonds. The van der Waals surface area contributed by atoms with Crippen LogP contribution in [0.5, 0.6) is 0 Å². The lowest BCUT2D eigenvalue weighted by molar-refractivity contribution is 0.669. The first-order chi connectivity index (χ1) is 32.3. The third kappa shape index (κ3) is 6.81. The molecule has 7 aromatic carbocycles. The van der Waals surface area contributed by atoms with Crippen LogP contribution in [0, 0.1) is 27.7 Å². The van der Waals surface area contributed by atoms with Gasteiger partial charge in [-0.3, -0.25) is 0 Å². The van der Waals surface area contributed by atoms with E-state index in [1.807, 2.05) is 107 Å². The van der Waals surface area contributed by atoms with Crippen LogP contribution >= 0.6 is 0 Å². The molecule has 0 atom stereocenters. The maximum atomic E-state index is 6.40. The van der Waals surface area contributed by atoms with Crippen molar-refractivity contribution in [2.75, 3.05) is 0 Å². The number of rotatable bonds is 7. The summed E-state index contributed by atoms with van der Waals surface area (Å²) in [6, 6.07) is 53.9. The fourth-order valence-corrected chi connectivity index (χ4v) is 8.97. The molecule has 5 heterocycles. The van der Waals surface area contributed by atoms with Gasteiger partial charge in [-0.25, -0.2) is 44.9 Å². The van der Waals surface area contributed by atoms with E-state index in [4.69, 9.17) is 39.3 Å². The van der Waals surface area contributed by atoms with Crippen LogP contribution in [0.1, 0.15) is 23.3 Å². The molecule has 0 unspecified atom stereocenters. The van der Waals surface area contributed by atoms with E-state index in [2.05, 4.69) is 93.4 Å². The highest BCUT2D eigenvalue weighted by molar-refractivity contribution is 6.11. The molecule has 66 heavy (non-hydrogen) atoms. The van der Waals surface area contributed by atoms with Crippen LogP contribution < -0.4 is 0 Å². The zero-order chi connectivity index (χ0) is 44.5. The zero-order valence-corrected chi connectivity index (χ0v) is 36.4. The van der Waals surface area contributed by atoms with Gasteiger partial charge in [0.05, 0.1) is 16.7 Å². The molecule has 0 bridgehead atoms. The third-order valence-corrected chi connectivity index (χ3v) is 11.9. The normalized spacial score (nSPS) is 11.6. The minimum Gasteiger partial charge on any atom is -0.456 e. The van der Waals surface area contributed by atoms with Gasteiger partial charge < -0.3 is 8.98 Å². The van der Waals surface area contributed by atoms with Gasteiger partial charge in [-0.15, -0.1) is 0 Å². The largest absolute Gasteiger partial charge is 0.456 e. The average molecular weight is 855 g/mol. The zero-order valence-electron chi connectivity index (χ0n) is 36.4. The van der Waals surface area contributed by atoms with E-state index in [0.717, 1.165) is 88.4 Å². The van der Waals surface area contributed by atoms with Crippen molar-refractivity contribution in [1.29, 1.82) is 0 Å². The molecule has 0 spiro atoms. The van der Waals surface area contributed by atoms with Crippen LogP contribution in [0.15, 0.2) is 162 Å². The van der Waals surface area contributed by atoms with Crippen LogP contribution in [0.2, 0.25) is 0 Å². The summed E-state index contributed by atoms with van der Waals surface area (Å²) in [7, 11) is 0. The van der Waals surface area contributed by atoms with Gasteiger partial charge in [0.1, 0.15) is 34.5 Å². The summed E-state index contributed by atoms with van der Waals surface area (Å²) in [6.45, 7) is 7.56. The van der Waals surface area contributed by atoms with Crippen molar-refractivity contribution in [1.82, 2.24) is 49.4 Å². The Morgan fingerprint density at radius 1 is 0.318 bits per heavy atom. The Morgan fingerprint density at radius 2 is 0.758 bits per heavy atom. The summed E-state index contributed by atoms with van der Waals surface area (Å²) < 4.78 is 8.68. The molecule has 0 saturated heterocycles. The van der Waals surface area contributed by atoms with Crippen LogP contribution in [0.4, 0.5) is 0 Å². The molecule has 5 aromatic heterocycles. The Morgan fingerprint density at radius 3 is 1.33 bits per heavy atom. The first-order valence-corrected chi connectivity index (χ1v) is 21.7. The quantitative estimate of drug-likeness (QED) is 0.152. The SMILES string of the molecule is Cc1nc(C)nc(-c2ccc3c4ccc(-c5nc(C)nc(C)n5)cc4n(-c4ccc(-c5ccc6c(c5)oc5ccccc56)cc4-c4nc(-c5ccccc5)nc(-c5ccccc5)n4)c3c2)n1. The third-order valence-electron chi connectivity index (χ3n) is 11.9. The van der Waals surface area contributed by atoms with Crippen molar-refractivity contribution in [3.8, 4) is 73.8 Å². The van der Waals surface area contributed by atoms with Gasteiger partial charge in [-0.2, -0.15) is 0 Å². The number of furan rings is 1. The summed E-state index contributed by atoms with van der Waals surface area (Å²) in [5.41, 5.74) is 10.6.